The van der Waals surface area contributed by atoms with Crippen LogP contribution in [0.4, 0.5) is 5.69 Å². The summed E-state index contributed by atoms with van der Waals surface area (Å²) in [5.74, 6) is 1.62. The van der Waals surface area contributed by atoms with Gasteiger partial charge in [-0.3, -0.25) is 0 Å². The van der Waals surface area contributed by atoms with Gasteiger partial charge in [-0.15, -0.1) is 0 Å². The molecule has 1 fully saturated rings. The van der Waals surface area contributed by atoms with Gasteiger partial charge in [0.1, 0.15) is 5.75 Å². The Kier molecular flexibility index (Phi) is 7.63. The van der Waals surface area contributed by atoms with E-state index in [0.29, 0.717) is 37.7 Å². The van der Waals surface area contributed by atoms with Crippen LogP contribution in [0, 0.1) is 0 Å². The van der Waals surface area contributed by atoms with Crippen LogP contribution in [0.2, 0.25) is 5.02 Å². The highest BCUT2D eigenvalue weighted by molar-refractivity contribution is 7.86. The molecule has 0 spiro atoms. The van der Waals surface area contributed by atoms with E-state index in [1.807, 2.05) is 67.6 Å². The molecule has 0 bridgehead atoms. The molecule has 0 saturated carbocycles. The van der Waals surface area contributed by atoms with Gasteiger partial charge in [0.25, 0.3) is 10.2 Å². The van der Waals surface area contributed by atoms with Crippen molar-refractivity contribution in [2.45, 2.75) is 19.6 Å². The highest BCUT2D eigenvalue weighted by Crippen LogP contribution is 2.30. The molecule has 8 nitrogen and oxygen atoms in total. The monoisotopic (exact) mass is 553 g/mol. The van der Waals surface area contributed by atoms with Crippen LogP contribution < -0.4 is 9.64 Å². The summed E-state index contributed by atoms with van der Waals surface area (Å²) in [7, 11) is -0.280. The van der Waals surface area contributed by atoms with Crippen molar-refractivity contribution in [3.8, 4) is 5.75 Å². The Morgan fingerprint density at radius 2 is 1.66 bits per heavy atom. The molecule has 1 saturated heterocycles. The number of benzene rings is 3. The molecule has 1 aliphatic heterocycles. The Hall–Kier alpha value is -3.11. The van der Waals surface area contributed by atoms with Crippen LogP contribution in [0.5, 0.6) is 5.75 Å². The maximum atomic E-state index is 12.5. The zero-order valence-corrected chi connectivity index (χ0v) is 23.4. The zero-order chi connectivity index (χ0) is 26.9. The smallest absolute Gasteiger partial charge is 0.281 e. The number of hydrogen-bond acceptors (Lipinski definition) is 5. The second-order valence-electron chi connectivity index (χ2n) is 9.61. The van der Waals surface area contributed by atoms with E-state index >= 15 is 0 Å². The molecule has 0 N–H and O–H groups in total. The minimum Gasteiger partial charge on any atom is -0.483 e. The van der Waals surface area contributed by atoms with Gasteiger partial charge in [0.05, 0.1) is 11.0 Å². The third-order valence-electron chi connectivity index (χ3n) is 6.83. The van der Waals surface area contributed by atoms with Crippen LogP contribution in [-0.4, -0.2) is 66.9 Å². The maximum Gasteiger partial charge on any atom is 0.281 e. The van der Waals surface area contributed by atoms with Crippen LogP contribution in [0.1, 0.15) is 24.4 Å². The normalized spacial score (nSPS) is 15.8. The lowest BCUT2D eigenvalue weighted by Crippen LogP contribution is -2.51. The molecule has 0 radical (unpaired) electrons. The minimum atomic E-state index is -3.41. The van der Waals surface area contributed by atoms with Gasteiger partial charge < -0.3 is 14.2 Å². The van der Waals surface area contributed by atoms with Crippen molar-refractivity contribution < 1.29 is 13.2 Å². The molecule has 200 valence electrons. The molecule has 1 unspecified atom stereocenters. The zero-order valence-electron chi connectivity index (χ0n) is 21.8. The lowest BCUT2D eigenvalue weighted by Gasteiger charge is -2.36. The molecule has 3 aromatic carbocycles. The lowest BCUT2D eigenvalue weighted by atomic mass is 10.2. The summed E-state index contributed by atoms with van der Waals surface area (Å²) in [6.07, 6.45) is -0.277. The maximum absolute atomic E-state index is 12.5. The first-order valence-electron chi connectivity index (χ1n) is 12.6. The molecule has 2 heterocycles. The molecule has 5 rings (SSSR count). The molecular weight excluding hydrogens is 522 g/mol. The average molecular weight is 554 g/mol. The number of ether oxygens (including phenoxy) is 1. The van der Waals surface area contributed by atoms with E-state index in [9.17, 15) is 8.42 Å². The van der Waals surface area contributed by atoms with Gasteiger partial charge in [-0.25, -0.2) is 4.98 Å². The Labute approximate surface area is 229 Å². The summed E-state index contributed by atoms with van der Waals surface area (Å²) in [6.45, 7) is 4.74. The molecule has 0 amide bonds. The Balaban J connectivity index is 1.47. The van der Waals surface area contributed by atoms with E-state index in [4.69, 9.17) is 21.3 Å². The number of piperazine rings is 1. The average Bonchev–Trinajstić information content (AvgIpc) is 3.28. The van der Waals surface area contributed by atoms with Gasteiger partial charge in [0.2, 0.25) is 0 Å². The van der Waals surface area contributed by atoms with Gasteiger partial charge in [-0.05, 0) is 55.0 Å². The fourth-order valence-corrected chi connectivity index (χ4v) is 5.95. The number of anilines is 1. The first-order chi connectivity index (χ1) is 18.2. The predicted octanol–water partition coefficient (Wildman–Crippen LogP) is 4.81. The summed E-state index contributed by atoms with van der Waals surface area (Å²) in [6, 6.07) is 23.8. The van der Waals surface area contributed by atoms with Crippen LogP contribution in [0.3, 0.4) is 0 Å². The first kappa shape index (κ1) is 26.5. The summed E-state index contributed by atoms with van der Waals surface area (Å²) < 4.78 is 36.3. The highest BCUT2D eigenvalue weighted by Gasteiger charge is 2.29. The highest BCUT2D eigenvalue weighted by atomic mass is 35.5. The number of fused-ring (bicyclic) bond motifs is 1. The van der Waals surface area contributed by atoms with Crippen molar-refractivity contribution in [2.75, 3.05) is 45.2 Å². The largest absolute Gasteiger partial charge is 0.483 e. The van der Waals surface area contributed by atoms with Crippen molar-refractivity contribution in [3.05, 3.63) is 89.2 Å². The van der Waals surface area contributed by atoms with Gasteiger partial charge in [0, 0.05) is 57.5 Å². The second-order valence-corrected chi connectivity index (χ2v) is 12.2. The number of aromatic nitrogens is 2. The fraction of sp³-hybridized carbons (Fsp3) is 0.321. The molecule has 38 heavy (non-hydrogen) atoms. The van der Waals surface area contributed by atoms with E-state index in [1.165, 1.54) is 8.61 Å². The first-order valence-corrected chi connectivity index (χ1v) is 14.4. The van der Waals surface area contributed by atoms with E-state index in [0.717, 1.165) is 33.9 Å². The van der Waals surface area contributed by atoms with Crippen molar-refractivity contribution in [1.29, 1.82) is 0 Å². The summed E-state index contributed by atoms with van der Waals surface area (Å²) in [5.41, 5.74) is 4.03. The Morgan fingerprint density at radius 3 is 2.32 bits per heavy atom. The molecule has 0 aliphatic carbocycles. The van der Waals surface area contributed by atoms with Gasteiger partial charge in [-0.1, -0.05) is 41.9 Å². The number of rotatable bonds is 8. The topological polar surface area (TPSA) is 70.9 Å². The molecule has 1 aliphatic rings. The van der Waals surface area contributed by atoms with E-state index < -0.39 is 10.2 Å². The standard InChI is InChI=1S/C28H32ClN5O3S/c1-21(37-25-7-5-4-6-8-25)28-30-26-14-13-24(32-15-17-33(18-16-32)38(35,36)31(2)3)19-27(26)34(28)20-22-9-11-23(29)12-10-22/h4-14,19,21H,15-18,20H2,1-3H3. The van der Waals surface area contributed by atoms with Crippen LogP contribution in [0.25, 0.3) is 11.0 Å². The van der Waals surface area contributed by atoms with E-state index in [2.05, 4.69) is 21.6 Å². The van der Waals surface area contributed by atoms with Crippen molar-refractivity contribution in [3.63, 3.8) is 0 Å². The number of para-hydroxylation sites is 1. The number of nitrogens with zero attached hydrogens (tertiary/aromatic N) is 5. The Morgan fingerprint density at radius 1 is 0.974 bits per heavy atom. The minimum absolute atomic E-state index is 0.277. The number of hydrogen-bond donors (Lipinski definition) is 0. The Bertz CT molecular complexity index is 1500. The summed E-state index contributed by atoms with van der Waals surface area (Å²) in [5, 5.41) is 0.697. The van der Waals surface area contributed by atoms with Crippen LogP contribution in [0.15, 0.2) is 72.8 Å². The van der Waals surface area contributed by atoms with E-state index in [1.54, 1.807) is 14.1 Å². The molecule has 1 atom stereocenters. The second kappa shape index (κ2) is 10.9. The predicted molar refractivity (Wildman–Crippen MR) is 152 cm³/mol. The lowest BCUT2D eigenvalue weighted by molar-refractivity contribution is 0.212. The fourth-order valence-electron chi connectivity index (χ4n) is 4.74. The van der Waals surface area contributed by atoms with Crippen molar-refractivity contribution in [2.24, 2.45) is 0 Å². The summed E-state index contributed by atoms with van der Waals surface area (Å²) in [4.78, 5) is 7.20. The third kappa shape index (κ3) is 5.51. The molecule has 1 aromatic heterocycles. The van der Waals surface area contributed by atoms with Gasteiger partial charge in [-0.2, -0.15) is 17.0 Å². The number of halogens is 1. The summed E-state index contributed by atoms with van der Waals surface area (Å²) >= 11 is 6.13. The van der Waals surface area contributed by atoms with Crippen molar-refractivity contribution in [1.82, 2.24) is 18.2 Å². The quantitative estimate of drug-likeness (QED) is 0.313. The van der Waals surface area contributed by atoms with Crippen LogP contribution in [-0.2, 0) is 16.8 Å². The van der Waals surface area contributed by atoms with Gasteiger partial charge in [0.15, 0.2) is 11.9 Å². The molecule has 4 aromatic rings. The SMILES string of the molecule is CC(Oc1ccccc1)c1nc2ccc(N3CCN(S(=O)(=O)N(C)C)CC3)cc2n1Cc1ccc(Cl)cc1. The number of imidazole rings is 1. The van der Waals surface area contributed by atoms with E-state index in [-0.39, 0.29) is 6.10 Å². The van der Waals surface area contributed by atoms with Gasteiger partial charge >= 0.3 is 0 Å². The van der Waals surface area contributed by atoms with Crippen LogP contribution >= 0.6 is 11.6 Å². The molecule has 10 heteroatoms. The van der Waals surface area contributed by atoms with Crippen molar-refractivity contribution >= 4 is 38.5 Å². The molecular formula is C28H32ClN5O3S. The third-order valence-corrected chi connectivity index (χ3v) is 9.02.